The molecule has 2 aromatic rings. The second-order valence-electron chi connectivity index (χ2n) is 5.91. The van der Waals surface area contributed by atoms with Gasteiger partial charge in [0.1, 0.15) is 5.82 Å². The molecule has 0 amide bonds. The predicted molar refractivity (Wildman–Crippen MR) is 129 cm³/mol. The first kappa shape index (κ1) is 25.7. The Hall–Kier alpha value is -1.37. The molecule has 0 aromatic heterocycles. The summed E-state index contributed by atoms with van der Waals surface area (Å²) in [6.45, 7) is 1.07. The zero-order valence-corrected chi connectivity index (χ0v) is 20.3. The third kappa shape index (κ3) is 8.49. The largest absolute Gasteiger partial charge is 0.355 e. The monoisotopic (exact) mass is 552 g/mol. The standard InChI is InChI=1S/C19H25FN4O2S2.HI/c1-21-19(23-13-15-8-9-17(20)12-16(15)14-27-2)22-10-11-24-28(25,26)18-6-4-3-5-7-18;/h3-9,12,24H,10-11,13-14H2,1-2H3,(H2,21,22,23);1H. The summed E-state index contributed by atoms with van der Waals surface area (Å²) in [7, 11) is -1.89. The fraction of sp³-hybridized carbons (Fsp3) is 0.316. The van der Waals surface area contributed by atoms with Crippen LogP contribution in [0, 0.1) is 5.82 Å². The fourth-order valence-electron chi connectivity index (χ4n) is 2.51. The molecule has 10 heteroatoms. The van der Waals surface area contributed by atoms with E-state index < -0.39 is 10.0 Å². The van der Waals surface area contributed by atoms with E-state index in [0.29, 0.717) is 19.0 Å². The Morgan fingerprint density at radius 2 is 1.79 bits per heavy atom. The van der Waals surface area contributed by atoms with Crippen LogP contribution < -0.4 is 15.4 Å². The van der Waals surface area contributed by atoms with Crippen LogP contribution in [0.4, 0.5) is 4.39 Å². The molecule has 0 aliphatic carbocycles. The van der Waals surface area contributed by atoms with Gasteiger partial charge in [0.2, 0.25) is 10.0 Å². The number of guanidine groups is 1. The van der Waals surface area contributed by atoms with Gasteiger partial charge in [0.05, 0.1) is 4.90 Å². The second kappa shape index (κ2) is 13.0. The van der Waals surface area contributed by atoms with E-state index in [1.807, 2.05) is 6.26 Å². The van der Waals surface area contributed by atoms with Gasteiger partial charge in [-0.3, -0.25) is 4.99 Å². The van der Waals surface area contributed by atoms with Crippen LogP contribution in [0.25, 0.3) is 0 Å². The second-order valence-corrected chi connectivity index (χ2v) is 8.54. The summed E-state index contributed by atoms with van der Waals surface area (Å²) in [5.41, 5.74) is 1.93. The smallest absolute Gasteiger partial charge is 0.240 e. The van der Waals surface area contributed by atoms with E-state index in [2.05, 4.69) is 20.3 Å². The molecule has 2 aromatic carbocycles. The van der Waals surface area contributed by atoms with Crippen molar-refractivity contribution in [2.75, 3.05) is 26.4 Å². The molecule has 29 heavy (non-hydrogen) atoms. The van der Waals surface area contributed by atoms with Crippen molar-refractivity contribution in [2.24, 2.45) is 4.99 Å². The lowest BCUT2D eigenvalue weighted by molar-refractivity contribution is 0.580. The molecular formula is C19H26FIN4O2S2. The summed E-state index contributed by atoms with van der Waals surface area (Å²) in [6, 6.07) is 13.0. The van der Waals surface area contributed by atoms with Crippen molar-refractivity contribution < 1.29 is 12.8 Å². The highest BCUT2D eigenvalue weighted by molar-refractivity contribution is 14.0. The summed E-state index contributed by atoms with van der Waals surface area (Å²) in [6.07, 6.45) is 1.97. The first-order chi connectivity index (χ1) is 13.5. The van der Waals surface area contributed by atoms with Crippen LogP contribution >= 0.6 is 35.7 Å². The minimum absolute atomic E-state index is 0. The van der Waals surface area contributed by atoms with E-state index in [1.165, 1.54) is 6.07 Å². The van der Waals surface area contributed by atoms with Gasteiger partial charge in [-0.25, -0.2) is 17.5 Å². The maximum Gasteiger partial charge on any atom is 0.240 e. The number of nitrogens with zero attached hydrogens (tertiary/aromatic N) is 1. The highest BCUT2D eigenvalue weighted by atomic mass is 127. The summed E-state index contributed by atoms with van der Waals surface area (Å²) in [5, 5.41) is 6.22. The van der Waals surface area contributed by atoms with Gasteiger partial charge in [-0.15, -0.1) is 24.0 Å². The minimum atomic E-state index is -3.52. The molecule has 0 unspecified atom stereocenters. The lowest BCUT2D eigenvalue weighted by atomic mass is 10.1. The van der Waals surface area contributed by atoms with E-state index in [9.17, 15) is 12.8 Å². The first-order valence-electron chi connectivity index (χ1n) is 8.71. The van der Waals surface area contributed by atoms with Gasteiger partial charge in [0, 0.05) is 32.4 Å². The van der Waals surface area contributed by atoms with Crippen molar-refractivity contribution in [3.05, 3.63) is 65.5 Å². The van der Waals surface area contributed by atoms with Crippen molar-refractivity contribution in [3.63, 3.8) is 0 Å². The van der Waals surface area contributed by atoms with Crippen LogP contribution in [0.2, 0.25) is 0 Å². The van der Waals surface area contributed by atoms with Gasteiger partial charge < -0.3 is 10.6 Å². The third-order valence-electron chi connectivity index (χ3n) is 3.90. The van der Waals surface area contributed by atoms with E-state index >= 15 is 0 Å². The molecule has 0 aliphatic rings. The van der Waals surface area contributed by atoms with Crippen molar-refractivity contribution >= 4 is 51.7 Å². The Morgan fingerprint density at radius 3 is 2.45 bits per heavy atom. The van der Waals surface area contributed by atoms with Crippen LogP contribution in [-0.4, -0.2) is 40.8 Å². The number of aliphatic imine (C=N–C) groups is 1. The Morgan fingerprint density at radius 1 is 1.07 bits per heavy atom. The average molecular weight is 552 g/mol. The molecule has 0 radical (unpaired) electrons. The molecule has 0 fully saturated rings. The molecule has 0 aliphatic heterocycles. The first-order valence-corrected chi connectivity index (χ1v) is 11.6. The molecule has 0 saturated carbocycles. The van der Waals surface area contributed by atoms with E-state index in [4.69, 9.17) is 0 Å². The SMILES string of the molecule is CN=C(NCCNS(=O)(=O)c1ccccc1)NCc1ccc(F)cc1CSC.I. The van der Waals surface area contributed by atoms with E-state index in [-0.39, 0.29) is 41.2 Å². The van der Waals surface area contributed by atoms with Crippen molar-refractivity contribution in [2.45, 2.75) is 17.2 Å². The maximum atomic E-state index is 13.4. The third-order valence-corrected chi connectivity index (χ3v) is 5.98. The lowest BCUT2D eigenvalue weighted by Crippen LogP contribution is -2.41. The molecule has 3 N–H and O–H groups in total. The highest BCUT2D eigenvalue weighted by Crippen LogP contribution is 2.16. The normalized spacial score (nSPS) is 11.6. The Kier molecular flexibility index (Phi) is 11.5. The van der Waals surface area contributed by atoms with Crippen LogP contribution in [0.5, 0.6) is 0 Å². The van der Waals surface area contributed by atoms with Gasteiger partial charge >= 0.3 is 0 Å². The van der Waals surface area contributed by atoms with Gasteiger partial charge in [-0.1, -0.05) is 24.3 Å². The molecule has 2 rings (SSSR count). The number of hydrogen-bond acceptors (Lipinski definition) is 4. The maximum absolute atomic E-state index is 13.4. The van der Waals surface area contributed by atoms with E-state index in [1.54, 1.807) is 61.3 Å². The number of thioether (sulfide) groups is 1. The Bertz CT molecular complexity index is 896. The molecule has 0 bridgehead atoms. The van der Waals surface area contributed by atoms with Crippen LogP contribution in [0.1, 0.15) is 11.1 Å². The lowest BCUT2D eigenvalue weighted by Gasteiger charge is -2.14. The fourth-order valence-corrected chi connectivity index (χ4v) is 4.14. The van der Waals surface area contributed by atoms with Crippen molar-refractivity contribution in [1.29, 1.82) is 0 Å². The van der Waals surface area contributed by atoms with Gasteiger partial charge in [-0.05, 0) is 41.6 Å². The number of rotatable bonds is 9. The summed E-state index contributed by atoms with van der Waals surface area (Å²) < 4.78 is 40.3. The van der Waals surface area contributed by atoms with Crippen molar-refractivity contribution in [3.8, 4) is 0 Å². The number of sulfonamides is 1. The van der Waals surface area contributed by atoms with Crippen LogP contribution in [0.15, 0.2) is 58.4 Å². The highest BCUT2D eigenvalue weighted by Gasteiger charge is 2.12. The average Bonchev–Trinajstić information content (AvgIpc) is 2.69. The van der Waals surface area contributed by atoms with Crippen molar-refractivity contribution in [1.82, 2.24) is 15.4 Å². The summed E-state index contributed by atoms with van der Waals surface area (Å²) in [4.78, 5) is 4.36. The van der Waals surface area contributed by atoms with E-state index in [0.717, 1.165) is 16.9 Å². The van der Waals surface area contributed by atoms with Crippen LogP contribution in [0.3, 0.4) is 0 Å². The summed E-state index contributed by atoms with van der Waals surface area (Å²) in [5.74, 6) is 1.02. The Labute approximate surface area is 193 Å². The molecule has 0 spiro atoms. The number of nitrogens with one attached hydrogen (secondary N) is 3. The molecule has 0 saturated heterocycles. The topological polar surface area (TPSA) is 82.6 Å². The zero-order chi connectivity index (χ0) is 20.4. The number of benzene rings is 2. The molecule has 0 atom stereocenters. The molecule has 160 valence electrons. The molecule has 6 nitrogen and oxygen atoms in total. The predicted octanol–water partition coefficient (Wildman–Crippen LogP) is 2.95. The molecular weight excluding hydrogens is 526 g/mol. The quantitative estimate of drug-likeness (QED) is 0.193. The Balaban J connectivity index is 0.00000420. The minimum Gasteiger partial charge on any atom is -0.355 e. The van der Waals surface area contributed by atoms with Gasteiger partial charge in [0.25, 0.3) is 0 Å². The molecule has 0 heterocycles. The van der Waals surface area contributed by atoms with Crippen LogP contribution in [-0.2, 0) is 22.3 Å². The number of halogens is 2. The summed E-state index contributed by atoms with van der Waals surface area (Å²) >= 11 is 1.63. The number of hydrogen-bond donors (Lipinski definition) is 3. The van der Waals surface area contributed by atoms with Gasteiger partial charge in [0.15, 0.2) is 5.96 Å². The van der Waals surface area contributed by atoms with Gasteiger partial charge in [-0.2, -0.15) is 11.8 Å². The zero-order valence-electron chi connectivity index (χ0n) is 16.3.